The molecule has 2 aliphatic heterocycles. The summed E-state index contributed by atoms with van der Waals surface area (Å²) in [6, 6.07) is 2.29. The number of halogens is 3. The maximum Gasteiger partial charge on any atom is 0.434 e. The zero-order valence-corrected chi connectivity index (χ0v) is 29.1. The van der Waals surface area contributed by atoms with Gasteiger partial charge in [0.15, 0.2) is 16.5 Å². The fourth-order valence-corrected chi connectivity index (χ4v) is 8.11. The van der Waals surface area contributed by atoms with E-state index in [0.29, 0.717) is 25.1 Å². The molecule has 3 aromatic heterocycles. The van der Waals surface area contributed by atoms with Crippen molar-refractivity contribution in [3.63, 3.8) is 0 Å². The summed E-state index contributed by atoms with van der Waals surface area (Å²) in [4.78, 5) is 58.5. The molecule has 11 nitrogen and oxygen atoms in total. The fourth-order valence-electron chi connectivity index (χ4n) is 6.42. The lowest BCUT2D eigenvalue weighted by Crippen LogP contribution is -2.60. The zero-order valence-electron chi connectivity index (χ0n) is 27.5. The van der Waals surface area contributed by atoms with Crippen molar-refractivity contribution in [3.05, 3.63) is 45.1 Å². The maximum atomic E-state index is 14.0. The first-order valence-electron chi connectivity index (χ1n) is 16.0. The Morgan fingerprint density at radius 1 is 1.12 bits per heavy atom. The summed E-state index contributed by atoms with van der Waals surface area (Å²) in [5.41, 5.74) is -0.995. The van der Waals surface area contributed by atoms with Crippen LogP contribution in [0.5, 0.6) is 5.88 Å². The van der Waals surface area contributed by atoms with Crippen LogP contribution in [0.25, 0.3) is 22.1 Å². The number of fused-ring (bicyclic) bond motifs is 2. The number of hydrogen-bond acceptors (Lipinski definition) is 10. The lowest BCUT2D eigenvalue weighted by atomic mass is 9.98. The molecule has 3 aliphatic rings. The number of allylic oxidation sites excluding steroid dienone is 1. The number of alkyl halides is 3. The standard InChI is InChI=1S/C33H37F3N6O5S2/c1-18-13-22(19(2)49-18)23-15-26(39-27(37-23)29-38-25(17-48-29)33(34,35)36)47-21-10-12-42-24(14-21)28(43)40-32(30(44)46-4)16-20(32)9-7-5-6-8-11-41(3)31(42)45/h7,9,13,15,17,20-21,24H,5-6,8,10-12,14,16H2,1-4H3,(H,40,43)/t20-,21+,24+,32-/m1/s1. The third-order valence-electron chi connectivity index (χ3n) is 9.12. The van der Waals surface area contributed by atoms with E-state index >= 15 is 0 Å². The Balaban J connectivity index is 1.31. The molecule has 49 heavy (non-hydrogen) atoms. The molecule has 1 saturated heterocycles. The van der Waals surface area contributed by atoms with Gasteiger partial charge >= 0.3 is 18.2 Å². The summed E-state index contributed by atoms with van der Waals surface area (Å²) in [6.45, 7) is 4.59. The highest BCUT2D eigenvalue weighted by molar-refractivity contribution is 7.13. The summed E-state index contributed by atoms with van der Waals surface area (Å²) in [7, 11) is 2.98. The largest absolute Gasteiger partial charge is 0.474 e. The molecule has 0 spiro atoms. The Labute approximate surface area is 289 Å². The number of thiazole rings is 1. The van der Waals surface area contributed by atoms with Gasteiger partial charge in [-0.15, -0.1) is 22.7 Å². The Kier molecular flexibility index (Phi) is 9.72. The van der Waals surface area contributed by atoms with Crippen molar-refractivity contribution in [2.45, 2.75) is 76.2 Å². The summed E-state index contributed by atoms with van der Waals surface area (Å²) < 4.78 is 51.7. The van der Waals surface area contributed by atoms with Crippen molar-refractivity contribution in [1.29, 1.82) is 0 Å². The van der Waals surface area contributed by atoms with E-state index in [9.17, 15) is 27.6 Å². The lowest BCUT2D eigenvalue weighted by molar-refractivity contribution is -0.147. The molecule has 1 aliphatic carbocycles. The van der Waals surface area contributed by atoms with Crippen molar-refractivity contribution in [1.82, 2.24) is 30.1 Å². The summed E-state index contributed by atoms with van der Waals surface area (Å²) in [5.74, 6) is -1.18. The van der Waals surface area contributed by atoms with Crippen LogP contribution in [0, 0.1) is 19.8 Å². The summed E-state index contributed by atoms with van der Waals surface area (Å²) in [6.07, 6.45) is 2.00. The number of esters is 1. The maximum absolute atomic E-state index is 14.0. The number of aryl methyl sites for hydroxylation is 2. The van der Waals surface area contributed by atoms with E-state index in [2.05, 4.69) is 20.3 Å². The van der Waals surface area contributed by atoms with Crippen molar-refractivity contribution in [3.8, 4) is 28.0 Å². The second-order valence-electron chi connectivity index (χ2n) is 12.6. The molecule has 5 heterocycles. The van der Waals surface area contributed by atoms with Gasteiger partial charge < -0.3 is 24.6 Å². The van der Waals surface area contributed by atoms with E-state index in [1.54, 1.807) is 29.4 Å². The van der Waals surface area contributed by atoms with Gasteiger partial charge in [0.25, 0.3) is 0 Å². The minimum Gasteiger partial charge on any atom is -0.474 e. The molecule has 0 radical (unpaired) electrons. The smallest absolute Gasteiger partial charge is 0.434 e. The van der Waals surface area contributed by atoms with E-state index in [0.717, 1.165) is 51.3 Å². The number of hydrogen-bond donors (Lipinski definition) is 1. The Morgan fingerprint density at radius 3 is 2.61 bits per heavy atom. The van der Waals surface area contributed by atoms with Gasteiger partial charge in [0.1, 0.15) is 17.7 Å². The van der Waals surface area contributed by atoms with Gasteiger partial charge in [0.05, 0.1) is 12.8 Å². The van der Waals surface area contributed by atoms with Crippen LogP contribution < -0.4 is 10.1 Å². The molecule has 1 saturated carbocycles. The number of piperidine rings is 1. The average molecular weight is 719 g/mol. The van der Waals surface area contributed by atoms with Gasteiger partial charge in [-0.3, -0.25) is 4.79 Å². The van der Waals surface area contributed by atoms with Gasteiger partial charge in [0.2, 0.25) is 11.8 Å². The Hall–Kier alpha value is -4.05. The summed E-state index contributed by atoms with van der Waals surface area (Å²) in [5, 5.41) is 3.82. The molecular weight excluding hydrogens is 682 g/mol. The number of thiophene rings is 1. The van der Waals surface area contributed by atoms with E-state index in [-0.39, 0.29) is 41.6 Å². The zero-order chi connectivity index (χ0) is 35.1. The number of rotatable bonds is 5. The van der Waals surface area contributed by atoms with E-state index < -0.39 is 41.4 Å². The van der Waals surface area contributed by atoms with Crippen molar-refractivity contribution >= 4 is 40.6 Å². The van der Waals surface area contributed by atoms with Crippen molar-refractivity contribution in [2.75, 3.05) is 27.2 Å². The predicted octanol–water partition coefficient (Wildman–Crippen LogP) is 6.02. The highest BCUT2D eigenvalue weighted by atomic mass is 32.1. The molecule has 2 fully saturated rings. The second kappa shape index (κ2) is 13.7. The van der Waals surface area contributed by atoms with Gasteiger partial charge in [-0.2, -0.15) is 18.2 Å². The van der Waals surface area contributed by atoms with Crippen LogP contribution in [0.2, 0.25) is 0 Å². The highest BCUT2D eigenvalue weighted by Gasteiger charge is 2.62. The lowest BCUT2D eigenvalue weighted by Gasteiger charge is -2.40. The third-order valence-corrected chi connectivity index (χ3v) is 10.9. The van der Waals surface area contributed by atoms with Crippen LogP contribution in [0.4, 0.5) is 18.0 Å². The number of nitrogens with zero attached hydrogens (tertiary/aromatic N) is 5. The monoisotopic (exact) mass is 718 g/mol. The number of urea groups is 1. The van der Waals surface area contributed by atoms with Crippen LogP contribution in [-0.4, -0.2) is 87.6 Å². The summed E-state index contributed by atoms with van der Waals surface area (Å²) >= 11 is 2.34. The normalized spacial score (nSPS) is 24.8. The molecular formula is C33H37F3N6O5S2. The SMILES string of the molecule is COC(=O)[C@@]12C[C@H]1C=CCCCCN(C)C(=O)N1CC[C@H](Oc3cc(-c4cc(C)sc4C)nc(-c4nc(C(F)(F)F)cs4)n3)C[C@H]1C(=O)N2. The topological polar surface area (TPSA) is 127 Å². The van der Waals surface area contributed by atoms with Gasteiger partial charge in [-0.25, -0.2) is 19.6 Å². The minimum absolute atomic E-state index is 0.0151. The number of aromatic nitrogens is 3. The number of methoxy groups -OCH3 is 1. The van der Waals surface area contributed by atoms with Crippen molar-refractivity contribution < 1.29 is 37.0 Å². The van der Waals surface area contributed by atoms with Gasteiger partial charge in [0, 0.05) is 65.7 Å². The number of amides is 3. The third kappa shape index (κ3) is 7.30. The number of nitrogens with one attached hydrogen (secondary N) is 1. The van der Waals surface area contributed by atoms with Crippen LogP contribution in [0.3, 0.4) is 0 Å². The first-order chi connectivity index (χ1) is 23.3. The molecule has 3 aromatic rings. The van der Waals surface area contributed by atoms with Gasteiger partial charge in [-0.1, -0.05) is 12.2 Å². The molecule has 262 valence electrons. The number of carbonyl (C=O) groups excluding carboxylic acids is 3. The van der Waals surface area contributed by atoms with Crippen LogP contribution in [0.15, 0.2) is 29.7 Å². The minimum atomic E-state index is -4.62. The van der Waals surface area contributed by atoms with E-state index in [1.807, 2.05) is 32.1 Å². The molecule has 3 amide bonds. The van der Waals surface area contributed by atoms with E-state index in [1.165, 1.54) is 12.0 Å². The van der Waals surface area contributed by atoms with Crippen molar-refractivity contribution in [2.24, 2.45) is 5.92 Å². The molecule has 1 N–H and O–H groups in total. The van der Waals surface area contributed by atoms with E-state index in [4.69, 9.17) is 9.47 Å². The average Bonchev–Trinajstić information content (AvgIpc) is 3.34. The van der Waals surface area contributed by atoms with Gasteiger partial charge in [-0.05, 0) is 45.6 Å². The molecule has 16 heteroatoms. The molecule has 0 aromatic carbocycles. The Morgan fingerprint density at radius 2 is 1.92 bits per heavy atom. The molecule has 6 rings (SSSR count). The highest BCUT2D eigenvalue weighted by Crippen LogP contribution is 2.46. The molecule has 0 bridgehead atoms. The quantitative estimate of drug-likeness (QED) is 0.251. The fraction of sp³-hybridized carbons (Fsp3) is 0.515. The first-order valence-corrected chi connectivity index (χ1v) is 17.7. The number of ether oxygens (including phenoxy) is 2. The predicted molar refractivity (Wildman–Crippen MR) is 177 cm³/mol. The second-order valence-corrected chi connectivity index (χ2v) is 15.0. The van der Waals surface area contributed by atoms with Crippen LogP contribution in [0.1, 0.15) is 54.0 Å². The molecule has 4 atom stereocenters. The van der Waals surface area contributed by atoms with Crippen LogP contribution >= 0.6 is 22.7 Å². The van der Waals surface area contributed by atoms with Crippen LogP contribution in [-0.2, 0) is 20.5 Å². The molecule has 0 unspecified atom stereocenters. The number of carbonyl (C=O) groups is 3. The Bertz CT molecular complexity index is 1780. The first kappa shape index (κ1) is 34.8.